The molecule has 4 nitrogen and oxygen atoms in total. The normalized spacial score (nSPS) is 9.47. The van der Waals surface area contributed by atoms with Gasteiger partial charge in [-0.05, 0) is 33.6 Å². The maximum Gasteiger partial charge on any atom is 0.413 e. The number of rotatable bonds is 3. The van der Waals surface area contributed by atoms with Crippen molar-refractivity contribution in [3.05, 3.63) is 33.8 Å². The van der Waals surface area contributed by atoms with Crippen LogP contribution in [0.1, 0.15) is 12.5 Å². The molecule has 106 valence electrons. The lowest BCUT2D eigenvalue weighted by Crippen LogP contribution is -2.29. The minimum absolute atomic E-state index is 0. The Morgan fingerprint density at radius 1 is 1.32 bits per heavy atom. The maximum atomic E-state index is 13.4. The van der Waals surface area contributed by atoms with E-state index in [2.05, 4.69) is 20.7 Å². The number of amides is 2. The van der Waals surface area contributed by atoms with E-state index in [-0.39, 0.29) is 35.5 Å². The third-order valence-corrected chi connectivity index (χ3v) is 2.58. The lowest BCUT2D eigenvalue weighted by Gasteiger charge is -2.06. The molecule has 0 saturated heterocycles. The first kappa shape index (κ1) is 17.8. The van der Waals surface area contributed by atoms with Crippen molar-refractivity contribution in [1.29, 1.82) is 0 Å². The highest BCUT2D eigenvalue weighted by molar-refractivity contribution is 9.10. The number of halogens is 4. The maximum absolute atomic E-state index is 13.4. The highest BCUT2D eigenvalue weighted by Crippen LogP contribution is 2.20. The van der Waals surface area contributed by atoms with Crippen LogP contribution >= 0.6 is 28.3 Å². The number of ether oxygens (including phenoxy) is 1. The van der Waals surface area contributed by atoms with Crippen LogP contribution in [0.5, 0.6) is 0 Å². The summed E-state index contributed by atoms with van der Waals surface area (Å²) in [4.78, 5) is 21.4. The smallest absolute Gasteiger partial charge is 0.413 e. The molecular weight excluding hydrogens is 347 g/mol. The number of benzene rings is 1. The number of imide groups is 1. The SMILES string of the molecule is CC(=O)NC(=O)OCCc1cc(F)c(Br)cc1F.Cl. The van der Waals surface area contributed by atoms with E-state index in [0.717, 1.165) is 19.1 Å². The van der Waals surface area contributed by atoms with Gasteiger partial charge in [0.15, 0.2) is 0 Å². The van der Waals surface area contributed by atoms with E-state index in [1.165, 1.54) is 0 Å². The van der Waals surface area contributed by atoms with E-state index in [1.807, 2.05) is 5.32 Å². The molecule has 0 fully saturated rings. The highest BCUT2D eigenvalue weighted by atomic mass is 79.9. The van der Waals surface area contributed by atoms with E-state index in [1.54, 1.807) is 0 Å². The van der Waals surface area contributed by atoms with Crippen molar-refractivity contribution in [3.8, 4) is 0 Å². The second-order valence-electron chi connectivity index (χ2n) is 3.42. The topological polar surface area (TPSA) is 55.4 Å². The number of carbonyl (C=O) groups excluding carboxylic acids is 2. The van der Waals surface area contributed by atoms with Crippen LogP contribution in [-0.4, -0.2) is 18.6 Å². The van der Waals surface area contributed by atoms with Crippen LogP contribution in [-0.2, 0) is 16.0 Å². The summed E-state index contributed by atoms with van der Waals surface area (Å²) >= 11 is 2.85. The number of hydrogen-bond acceptors (Lipinski definition) is 3. The second-order valence-corrected chi connectivity index (χ2v) is 4.28. The van der Waals surface area contributed by atoms with Crippen molar-refractivity contribution in [1.82, 2.24) is 5.32 Å². The standard InChI is InChI=1S/C11H10BrF2NO3.ClH/c1-6(16)15-11(17)18-3-2-7-4-10(14)8(12)5-9(7)13;/h4-5H,2-3H2,1H3,(H,15,16,17);1H. The molecule has 0 spiro atoms. The minimum atomic E-state index is -0.916. The predicted molar refractivity (Wildman–Crippen MR) is 70.2 cm³/mol. The molecule has 1 N–H and O–H groups in total. The van der Waals surface area contributed by atoms with Crippen molar-refractivity contribution in [3.63, 3.8) is 0 Å². The van der Waals surface area contributed by atoms with Gasteiger partial charge in [0, 0.05) is 13.3 Å². The lowest BCUT2D eigenvalue weighted by molar-refractivity contribution is -0.118. The molecule has 0 aliphatic heterocycles. The average Bonchev–Trinajstić information content (AvgIpc) is 2.24. The molecule has 0 radical (unpaired) electrons. The highest BCUT2D eigenvalue weighted by Gasteiger charge is 2.09. The number of hydrogen-bond donors (Lipinski definition) is 1. The molecule has 0 bridgehead atoms. The third kappa shape index (κ3) is 5.98. The molecule has 19 heavy (non-hydrogen) atoms. The fourth-order valence-electron chi connectivity index (χ4n) is 1.19. The molecule has 0 unspecified atom stereocenters. The summed E-state index contributed by atoms with van der Waals surface area (Å²) in [5, 5.41) is 1.89. The van der Waals surface area contributed by atoms with E-state index < -0.39 is 23.6 Å². The van der Waals surface area contributed by atoms with Gasteiger partial charge in [-0.3, -0.25) is 10.1 Å². The quantitative estimate of drug-likeness (QED) is 0.845. The molecule has 0 heterocycles. The van der Waals surface area contributed by atoms with Gasteiger partial charge in [0.2, 0.25) is 5.91 Å². The number of carbonyl (C=O) groups is 2. The molecule has 1 aromatic rings. The van der Waals surface area contributed by atoms with Gasteiger partial charge < -0.3 is 4.74 Å². The van der Waals surface area contributed by atoms with E-state index in [9.17, 15) is 18.4 Å². The van der Waals surface area contributed by atoms with Crippen molar-refractivity contribution in [2.24, 2.45) is 0 Å². The molecule has 0 atom stereocenters. The Balaban J connectivity index is 0.00000324. The van der Waals surface area contributed by atoms with Crippen LogP contribution in [0.15, 0.2) is 16.6 Å². The summed E-state index contributed by atoms with van der Waals surface area (Å²) in [6, 6.07) is 2.02. The number of nitrogens with one attached hydrogen (secondary N) is 1. The molecule has 1 aromatic carbocycles. The van der Waals surface area contributed by atoms with Crippen molar-refractivity contribution in [2.45, 2.75) is 13.3 Å². The fraction of sp³-hybridized carbons (Fsp3) is 0.273. The van der Waals surface area contributed by atoms with Gasteiger partial charge >= 0.3 is 6.09 Å². The molecule has 0 saturated carbocycles. The second kappa shape index (κ2) is 8.06. The first-order valence-electron chi connectivity index (χ1n) is 4.98. The zero-order valence-electron chi connectivity index (χ0n) is 9.84. The van der Waals surface area contributed by atoms with Gasteiger partial charge in [-0.25, -0.2) is 13.6 Å². The van der Waals surface area contributed by atoms with Crippen molar-refractivity contribution < 1.29 is 23.1 Å². The Morgan fingerprint density at radius 3 is 2.53 bits per heavy atom. The van der Waals surface area contributed by atoms with Crippen molar-refractivity contribution >= 4 is 40.3 Å². The monoisotopic (exact) mass is 357 g/mol. The summed E-state index contributed by atoms with van der Waals surface area (Å²) < 4.78 is 31.1. The van der Waals surface area contributed by atoms with E-state index in [0.29, 0.717) is 0 Å². The molecule has 2 amide bonds. The Hall–Kier alpha value is -1.21. The fourth-order valence-corrected chi connectivity index (χ4v) is 1.50. The summed E-state index contributed by atoms with van der Waals surface area (Å²) in [7, 11) is 0. The number of alkyl carbamates (subject to hydrolysis) is 1. The van der Waals surface area contributed by atoms with Gasteiger partial charge in [0.25, 0.3) is 0 Å². The van der Waals surface area contributed by atoms with Gasteiger partial charge in [-0.1, -0.05) is 0 Å². The molecular formula is C11H11BrClF2NO3. The lowest BCUT2D eigenvalue weighted by atomic mass is 10.1. The Labute approximate surface area is 123 Å². The van der Waals surface area contributed by atoms with E-state index >= 15 is 0 Å². The molecule has 1 rings (SSSR count). The molecule has 8 heteroatoms. The zero-order chi connectivity index (χ0) is 13.7. The molecule has 0 aliphatic rings. The zero-order valence-corrected chi connectivity index (χ0v) is 12.2. The average molecular weight is 359 g/mol. The van der Waals surface area contributed by atoms with Crippen molar-refractivity contribution in [2.75, 3.05) is 6.61 Å². The van der Waals surface area contributed by atoms with E-state index in [4.69, 9.17) is 0 Å². The first-order valence-corrected chi connectivity index (χ1v) is 5.77. The van der Waals surface area contributed by atoms with Gasteiger partial charge in [-0.2, -0.15) is 0 Å². The Kier molecular flexibility index (Phi) is 7.55. The summed E-state index contributed by atoms with van der Waals surface area (Å²) in [6.07, 6.45) is -0.901. The van der Waals surface area contributed by atoms with Gasteiger partial charge in [-0.15, -0.1) is 12.4 Å². The molecule has 0 aliphatic carbocycles. The van der Waals surface area contributed by atoms with Crippen LogP contribution in [0.2, 0.25) is 0 Å². The first-order chi connectivity index (χ1) is 8.40. The predicted octanol–water partition coefficient (Wildman–Crippen LogP) is 2.96. The Bertz CT molecular complexity index is 485. The summed E-state index contributed by atoms with van der Waals surface area (Å²) in [5.74, 6) is -1.75. The Morgan fingerprint density at radius 2 is 1.95 bits per heavy atom. The summed E-state index contributed by atoms with van der Waals surface area (Å²) in [5.41, 5.74) is 0.0892. The molecule has 0 aromatic heterocycles. The van der Waals surface area contributed by atoms with Crippen LogP contribution in [0.4, 0.5) is 13.6 Å². The third-order valence-electron chi connectivity index (χ3n) is 1.97. The van der Waals surface area contributed by atoms with Gasteiger partial charge in [0.05, 0.1) is 11.1 Å². The van der Waals surface area contributed by atoms with Crippen LogP contribution in [0.25, 0.3) is 0 Å². The van der Waals surface area contributed by atoms with Crippen LogP contribution < -0.4 is 5.32 Å². The minimum Gasteiger partial charge on any atom is -0.449 e. The largest absolute Gasteiger partial charge is 0.449 e. The van der Waals surface area contributed by atoms with Crippen LogP contribution in [0.3, 0.4) is 0 Å². The van der Waals surface area contributed by atoms with Gasteiger partial charge in [0.1, 0.15) is 11.6 Å². The van der Waals surface area contributed by atoms with Crippen LogP contribution in [0, 0.1) is 11.6 Å². The summed E-state index contributed by atoms with van der Waals surface area (Å²) in [6.45, 7) is 1.00.